The number of hydrogen-bond donors (Lipinski definition) is 2. The fourth-order valence-corrected chi connectivity index (χ4v) is 3.28. The number of nitrogens with two attached hydrogens (primary N) is 1. The molecule has 0 unspecified atom stereocenters. The molecule has 0 saturated heterocycles. The molecule has 4 nitrogen and oxygen atoms in total. The van der Waals surface area contributed by atoms with Gasteiger partial charge in [0.25, 0.3) is 0 Å². The van der Waals surface area contributed by atoms with Crippen LogP contribution in [0.4, 0.5) is 10.8 Å². The molecule has 0 spiro atoms. The SMILES string of the molecule is Nc1nc(CC(=O)Nc2c(Cl)cc(Br)cc2Cl)cs1. The predicted molar refractivity (Wildman–Crippen MR) is 83.0 cm³/mol. The third kappa shape index (κ3) is 3.82. The van der Waals surface area contributed by atoms with Gasteiger partial charge in [-0.05, 0) is 12.1 Å². The number of thiazole rings is 1. The first-order chi connectivity index (χ1) is 8.95. The maximum absolute atomic E-state index is 11.9. The molecular weight excluding hydrogens is 373 g/mol. The van der Waals surface area contributed by atoms with Gasteiger partial charge in [0.2, 0.25) is 5.91 Å². The van der Waals surface area contributed by atoms with Crippen LogP contribution >= 0.6 is 50.5 Å². The molecule has 8 heteroatoms. The molecule has 2 rings (SSSR count). The Morgan fingerprint density at radius 3 is 2.58 bits per heavy atom. The van der Waals surface area contributed by atoms with E-state index in [1.807, 2.05) is 0 Å². The summed E-state index contributed by atoms with van der Waals surface area (Å²) in [5.41, 5.74) is 6.50. The molecule has 2 aromatic rings. The van der Waals surface area contributed by atoms with Crippen molar-refractivity contribution in [2.24, 2.45) is 0 Å². The summed E-state index contributed by atoms with van der Waals surface area (Å²) >= 11 is 16.6. The van der Waals surface area contributed by atoms with Crippen molar-refractivity contribution in [1.82, 2.24) is 4.98 Å². The Hall–Kier alpha value is -0.820. The van der Waals surface area contributed by atoms with Crippen LogP contribution in [0.2, 0.25) is 10.0 Å². The van der Waals surface area contributed by atoms with Crippen molar-refractivity contribution in [3.05, 3.63) is 37.7 Å². The van der Waals surface area contributed by atoms with E-state index >= 15 is 0 Å². The molecule has 1 aromatic heterocycles. The average Bonchev–Trinajstić information content (AvgIpc) is 2.69. The van der Waals surface area contributed by atoms with Crippen molar-refractivity contribution in [3.8, 4) is 0 Å². The molecular formula is C11H8BrCl2N3OS. The number of nitrogens with one attached hydrogen (secondary N) is 1. The summed E-state index contributed by atoms with van der Waals surface area (Å²) in [5.74, 6) is -0.253. The Kier molecular flexibility index (Phi) is 4.67. The first-order valence-electron chi connectivity index (χ1n) is 5.10. The van der Waals surface area contributed by atoms with E-state index in [1.165, 1.54) is 11.3 Å². The lowest BCUT2D eigenvalue weighted by atomic mass is 10.3. The lowest BCUT2D eigenvalue weighted by Crippen LogP contribution is -2.15. The highest BCUT2D eigenvalue weighted by Crippen LogP contribution is 2.33. The summed E-state index contributed by atoms with van der Waals surface area (Å²) in [6.45, 7) is 0. The molecule has 0 aliphatic rings. The maximum atomic E-state index is 11.9. The van der Waals surface area contributed by atoms with Gasteiger partial charge in [-0.2, -0.15) is 0 Å². The highest BCUT2D eigenvalue weighted by Gasteiger charge is 2.12. The molecule has 0 aliphatic heterocycles. The van der Waals surface area contributed by atoms with Crippen LogP contribution in [0.25, 0.3) is 0 Å². The van der Waals surface area contributed by atoms with Crippen molar-refractivity contribution >= 4 is 67.2 Å². The number of nitrogen functional groups attached to an aromatic ring is 1. The van der Waals surface area contributed by atoms with E-state index in [0.29, 0.717) is 26.6 Å². The van der Waals surface area contributed by atoms with Crippen molar-refractivity contribution in [2.75, 3.05) is 11.1 Å². The van der Waals surface area contributed by atoms with E-state index < -0.39 is 0 Å². The fraction of sp³-hybridized carbons (Fsp3) is 0.0909. The number of benzene rings is 1. The number of rotatable bonds is 3. The Morgan fingerprint density at radius 1 is 1.42 bits per heavy atom. The highest BCUT2D eigenvalue weighted by molar-refractivity contribution is 9.10. The van der Waals surface area contributed by atoms with Gasteiger partial charge in [0.15, 0.2) is 5.13 Å². The van der Waals surface area contributed by atoms with Crippen molar-refractivity contribution < 1.29 is 4.79 Å². The summed E-state index contributed by atoms with van der Waals surface area (Å²) in [6, 6.07) is 3.31. The number of carbonyl (C=O) groups excluding carboxylic acids is 1. The van der Waals surface area contributed by atoms with Gasteiger partial charge in [-0.25, -0.2) is 4.98 Å². The van der Waals surface area contributed by atoms with Gasteiger partial charge in [0.05, 0.1) is 27.8 Å². The van der Waals surface area contributed by atoms with E-state index in [-0.39, 0.29) is 12.3 Å². The predicted octanol–water partition coefficient (Wildman–Crippen LogP) is 3.98. The number of nitrogens with zero attached hydrogens (tertiary/aromatic N) is 1. The van der Waals surface area contributed by atoms with E-state index in [9.17, 15) is 4.79 Å². The van der Waals surface area contributed by atoms with E-state index in [2.05, 4.69) is 26.2 Å². The summed E-state index contributed by atoms with van der Waals surface area (Å²) in [6.07, 6.45) is 0.121. The Morgan fingerprint density at radius 2 is 2.05 bits per heavy atom. The summed E-state index contributed by atoms with van der Waals surface area (Å²) in [5, 5.41) is 5.56. The molecule has 0 aliphatic carbocycles. The molecule has 0 fully saturated rings. The number of halogens is 3. The van der Waals surface area contributed by atoms with Crippen LogP contribution in [0, 0.1) is 0 Å². The largest absolute Gasteiger partial charge is 0.375 e. The zero-order chi connectivity index (χ0) is 14.0. The topological polar surface area (TPSA) is 68.0 Å². The summed E-state index contributed by atoms with van der Waals surface area (Å²) in [4.78, 5) is 15.9. The standard InChI is InChI=1S/C11H8BrCl2N3OS/c12-5-1-7(13)10(8(14)2-5)17-9(18)3-6-4-19-11(15)16-6/h1-2,4H,3H2,(H2,15,16)(H,17,18). The minimum atomic E-state index is -0.253. The third-order valence-electron chi connectivity index (χ3n) is 2.18. The molecule has 0 bridgehead atoms. The maximum Gasteiger partial charge on any atom is 0.230 e. The molecule has 19 heavy (non-hydrogen) atoms. The lowest BCUT2D eigenvalue weighted by Gasteiger charge is -2.09. The van der Waals surface area contributed by atoms with Gasteiger partial charge in [-0.1, -0.05) is 39.1 Å². The van der Waals surface area contributed by atoms with Gasteiger partial charge in [0, 0.05) is 9.85 Å². The number of amides is 1. The van der Waals surface area contributed by atoms with Crippen LogP contribution in [0.15, 0.2) is 22.0 Å². The van der Waals surface area contributed by atoms with E-state index in [1.54, 1.807) is 17.5 Å². The molecule has 3 N–H and O–H groups in total. The minimum absolute atomic E-state index is 0.121. The van der Waals surface area contributed by atoms with Gasteiger partial charge in [-0.15, -0.1) is 11.3 Å². The van der Waals surface area contributed by atoms with Crippen LogP contribution in [-0.4, -0.2) is 10.9 Å². The van der Waals surface area contributed by atoms with Crippen LogP contribution in [-0.2, 0) is 11.2 Å². The Balaban J connectivity index is 2.11. The van der Waals surface area contributed by atoms with Gasteiger partial charge in [-0.3, -0.25) is 4.79 Å². The van der Waals surface area contributed by atoms with Crippen LogP contribution in [0.5, 0.6) is 0 Å². The van der Waals surface area contributed by atoms with Crippen molar-refractivity contribution in [3.63, 3.8) is 0 Å². The first kappa shape index (κ1) is 14.6. The Labute approximate surface area is 132 Å². The number of carbonyl (C=O) groups is 1. The van der Waals surface area contributed by atoms with Gasteiger partial charge < -0.3 is 11.1 Å². The Bertz CT molecular complexity index is 609. The zero-order valence-corrected chi connectivity index (χ0v) is 13.3. The molecule has 1 heterocycles. The normalized spacial score (nSPS) is 10.5. The smallest absolute Gasteiger partial charge is 0.230 e. The number of hydrogen-bond acceptors (Lipinski definition) is 4. The molecule has 0 atom stereocenters. The van der Waals surface area contributed by atoms with Crippen LogP contribution < -0.4 is 11.1 Å². The van der Waals surface area contributed by atoms with Crippen molar-refractivity contribution in [1.29, 1.82) is 0 Å². The summed E-state index contributed by atoms with van der Waals surface area (Å²) < 4.78 is 0.743. The van der Waals surface area contributed by atoms with Crippen LogP contribution in [0.3, 0.4) is 0 Å². The molecule has 100 valence electrons. The van der Waals surface area contributed by atoms with Gasteiger partial charge in [0.1, 0.15) is 0 Å². The number of anilines is 2. The fourth-order valence-electron chi connectivity index (χ4n) is 1.41. The first-order valence-corrected chi connectivity index (χ1v) is 7.53. The molecule has 1 aromatic carbocycles. The molecule has 0 radical (unpaired) electrons. The monoisotopic (exact) mass is 379 g/mol. The second kappa shape index (κ2) is 6.09. The second-order valence-electron chi connectivity index (χ2n) is 3.65. The van der Waals surface area contributed by atoms with Crippen molar-refractivity contribution in [2.45, 2.75) is 6.42 Å². The van der Waals surface area contributed by atoms with E-state index in [0.717, 1.165) is 4.47 Å². The van der Waals surface area contributed by atoms with Crippen LogP contribution in [0.1, 0.15) is 5.69 Å². The second-order valence-corrected chi connectivity index (χ2v) is 6.27. The quantitative estimate of drug-likeness (QED) is 0.846. The summed E-state index contributed by atoms with van der Waals surface area (Å²) in [7, 11) is 0. The third-order valence-corrected chi connectivity index (χ3v) is 3.96. The minimum Gasteiger partial charge on any atom is -0.375 e. The van der Waals surface area contributed by atoms with Gasteiger partial charge >= 0.3 is 0 Å². The lowest BCUT2D eigenvalue weighted by molar-refractivity contribution is -0.115. The average molecular weight is 381 g/mol. The highest BCUT2D eigenvalue weighted by atomic mass is 79.9. The zero-order valence-electron chi connectivity index (χ0n) is 9.41. The molecule has 0 saturated carbocycles. The van der Waals surface area contributed by atoms with E-state index in [4.69, 9.17) is 28.9 Å². The number of aromatic nitrogens is 1. The molecule has 1 amide bonds.